The van der Waals surface area contributed by atoms with E-state index in [1.165, 1.54) is 6.07 Å². The second-order valence-electron chi connectivity index (χ2n) is 8.05. The number of furan rings is 1. The van der Waals surface area contributed by atoms with Crippen LogP contribution in [-0.2, 0) is 4.74 Å². The molecule has 1 N–H and O–H groups in total. The number of anilines is 2. The molecule has 4 heterocycles. The van der Waals surface area contributed by atoms with Gasteiger partial charge in [-0.3, -0.25) is 4.79 Å². The lowest BCUT2D eigenvalue weighted by atomic mass is 10.1. The highest BCUT2D eigenvalue weighted by atomic mass is 19.1. The third-order valence-corrected chi connectivity index (χ3v) is 5.74. The van der Waals surface area contributed by atoms with Gasteiger partial charge in [0.05, 0.1) is 41.2 Å². The van der Waals surface area contributed by atoms with E-state index in [0.717, 1.165) is 11.3 Å². The molecule has 8 nitrogen and oxygen atoms in total. The number of hydrogen-bond donors (Lipinski definition) is 1. The first-order valence-electron chi connectivity index (χ1n) is 10.7. The lowest BCUT2D eigenvalue weighted by molar-refractivity contribution is 0.102. The van der Waals surface area contributed by atoms with E-state index in [1.807, 2.05) is 24.8 Å². The first-order chi connectivity index (χ1) is 15.9. The number of aromatic nitrogens is 2. The highest BCUT2D eigenvalue weighted by Crippen LogP contribution is 2.31. The van der Waals surface area contributed by atoms with Crippen LogP contribution in [0, 0.1) is 26.6 Å². The quantitative estimate of drug-likeness (QED) is 0.484. The molecule has 1 fully saturated rings. The van der Waals surface area contributed by atoms with E-state index in [0.29, 0.717) is 65.8 Å². The Morgan fingerprint density at radius 1 is 1.12 bits per heavy atom. The van der Waals surface area contributed by atoms with Gasteiger partial charge in [0.2, 0.25) is 0 Å². The number of nitrogens with one attached hydrogen (secondary N) is 1. The van der Waals surface area contributed by atoms with Gasteiger partial charge in [-0.1, -0.05) is 5.16 Å². The van der Waals surface area contributed by atoms with Crippen molar-refractivity contribution in [3.05, 3.63) is 58.9 Å². The number of ether oxygens (including phenoxy) is 1. The fourth-order valence-corrected chi connectivity index (χ4v) is 4.14. The standard InChI is InChI=1S/C24H23FN4O4/c1-13-10-17(15(3)32-13)20-12-18(22-14(2)28-33-24(22)27-20)23(30)26-16-4-5-21(19(25)11-16)29-6-8-31-9-7-29/h4-5,10-12H,6-9H2,1-3H3,(H,26,30). The SMILES string of the molecule is Cc1cc(-c2cc(C(=O)Nc3ccc(N4CCOCC4)c(F)c3)c3c(C)noc3n2)c(C)o1. The van der Waals surface area contributed by atoms with Crippen LogP contribution < -0.4 is 10.2 Å². The monoisotopic (exact) mass is 450 g/mol. The number of aryl methyl sites for hydroxylation is 3. The van der Waals surface area contributed by atoms with E-state index in [2.05, 4.69) is 15.5 Å². The zero-order chi connectivity index (χ0) is 23.1. The maximum Gasteiger partial charge on any atom is 0.259 e. The minimum absolute atomic E-state index is 0.252. The van der Waals surface area contributed by atoms with Crippen molar-refractivity contribution in [3.63, 3.8) is 0 Å². The Morgan fingerprint density at radius 2 is 1.91 bits per heavy atom. The molecule has 1 aliphatic rings. The summed E-state index contributed by atoms with van der Waals surface area (Å²) in [6.07, 6.45) is 0. The molecular weight excluding hydrogens is 427 g/mol. The van der Waals surface area contributed by atoms with Crippen LogP contribution in [0.3, 0.4) is 0 Å². The number of carbonyl (C=O) groups is 1. The van der Waals surface area contributed by atoms with E-state index in [4.69, 9.17) is 13.7 Å². The van der Waals surface area contributed by atoms with Gasteiger partial charge in [0.25, 0.3) is 11.6 Å². The average Bonchev–Trinajstić information content (AvgIpc) is 3.34. The number of fused-ring (bicyclic) bond motifs is 1. The van der Waals surface area contributed by atoms with Crippen LogP contribution in [0.5, 0.6) is 0 Å². The maximum atomic E-state index is 14.8. The largest absolute Gasteiger partial charge is 0.466 e. The number of benzene rings is 1. The van der Waals surface area contributed by atoms with Gasteiger partial charge in [0.15, 0.2) is 0 Å². The van der Waals surface area contributed by atoms with E-state index in [9.17, 15) is 9.18 Å². The number of morpholine rings is 1. The summed E-state index contributed by atoms with van der Waals surface area (Å²) < 4.78 is 31.1. The number of pyridine rings is 1. The molecular formula is C24H23FN4O4. The topological polar surface area (TPSA) is 93.6 Å². The Balaban J connectivity index is 1.48. The molecule has 0 bridgehead atoms. The van der Waals surface area contributed by atoms with Gasteiger partial charge in [0.1, 0.15) is 17.3 Å². The molecule has 0 atom stereocenters. The summed E-state index contributed by atoms with van der Waals surface area (Å²) in [5.74, 6) is 0.606. The van der Waals surface area contributed by atoms with Crippen molar-refractivity contribution >= 4 is 28.4 Å². The molecule has 1 aliphatic heterocycles. The lowest BCUT2D eigenvalue weighted by Crippen LogP contribution is -2.36. The molecule has 170 valence electrons. The first kappa shape index (κ1) is 21.1. The van der Waals surface area contributed by atoms with Crippen LogP contribution in [0.4, 0.5) is 15.8 Å². The summed E-state index contributed by atoms with van der Waals surface area (Å²) in [5, 5.41) is 7.28. The number of rotatable bonds is 4. The molecule has 4 aromatic rings. The van der Waals surface area contributed by atoms with Crippen LogP contribution in [-0.4, -0.2) is 42.4 Å². The highest BCUT2D eigenvalue weighted by Gasteiger charge is 2.22. The third kappa shape index (κ3) is 3.95. The summed E-state index contributed by atoms with van der Waals surface area (Å²) in [7, 11) is 0. The fourth-order valence-electron chi connectivity index (χ4n) is 4.14. The Labute approximate surface area is 189 Å². The number of halogens is 1. The van der Waals surface area contributed by atoms with Crippen LogP contribution in [0.2, 0.25) is 0 Å². The molecule has 1 amide bonds. The molecule has 33 heavy (non-hydrogen) atoms. The molecule has 1 aromatic carbocycles. The number of carbonyl (C=O) groups excluding carboxylic acids is 1. The molecule has 9 heteroatoms. The van der Waals surface area contributed by atoms with Crippen molar-refractivity contribution in [2.24, 2.45) is 0 Å². The molecule has 5 rings (SSSR count). The molecule has 0 radical (unpaired) electrons. The molecule has 0 unspecified atom stereocenters. The minimum Gasteiger partial charge on any atom is -0.466 e. The summed E-state index contributed by atoms with van der Waals surface area (Å²) >= 11 is 0. The molecule has 0 aliphatic carbocycles. The van der Waals surface area contributed by atoms with Crippen molar-refractivity contribution in [1.29, 1.82) is 0 Å². The Bertz CT molecular complexity index is 1350. The third-order valence-electron chi connectivity index (χ3n) is 5.74. The number of amides is 1. The average molecular weight is 450 g/mol. The number of nitrogens with zero attached hydrogens (tertiary/aromatic N) is 3. The molecule has 3 aromatic heterocycles. The van der Waals surface area contributed by atoms with Crippen molar-refractivity contribution in [2.45, 2.75) is 20.8 Å². The van der Waals surface area contributed by atoms with E-state index in [1.54, 1.807) is 25.1 Å². The van der Waals surface area contributed by atoms with Crippen LogP contribution >= 0.6 is 0 Å². The molecule has 1 saturated heterocycles. The Morgan fingerprint density at radius 3 is 2.61 bits per heavy atom. The van der Waals surface area contributed by atoms with Gasteiger partial charge >= 0.3 is 0 Å². The lowest BCUT2D eigenvalue weighted by Gasteiger charge is -2.29. The van der Waals surface area contributed by atoms with Crippen molar-refractivity contribution in [1.82, 2.24) is 10.1 Å². The zero-order valence-electron chi connectivity index (χ0n) is 18.6. The predicted molar refractivity (Wildman–Crippen MR) is 121 cm³/mol. The van der Waals surface area contributed by atoms with E-state index in [-0.39, 0.29) is 5.71 Å². The second kappa shape index (κ2) is 8.32. The van der Waals surface area contributed by atoms with Gasteiger partial charge in [-0.05, 0) is 51.1 Å². The normalized spacial score (nSPS) is 14.1. The van der Waals surface area contributed by atoms with E-state index >= 15 is 0 Å². The molecule has 0 saturated carbocycles. The van der Waals surface area contributed by atoms with Crippen LogP contribution in [0.25, 0.3) is 22.4 Å². The summed E-state index contributed by atoms with van der Waals surface area (Å²) in [4.78, 5) is 19.7. The maximum absolute atomic E-state index is 14.8. The van der Waals surface area contributed by atoms with E-state index < -0.39 is 11.7 Å². The van der Waals surface area contributed by atoms with Gasteiger partial charge < -0.3 is 23.9 Å². The summed E-state index contributed by atoms with van der Waals surface area (Å²) in [6, 6.07) is 8.22. The fraction of sp³-hybridized carbons (Fsp3) is 0.292. The van der Waals surface area contributed by atoms with Crippen LogP contribution in [0.1, 0.15) is 27.6 Å². The van der Waals surface area contributed by atoms with Gasteiger partial charge in [-0.15, -0.1) is 0 Å². The van der Waals surface area contributed by atoms with Crippen molar-refractivity contribution < 1.29 is 22.9 Å². The summed E-state index contributed by atoms with van der Waals surface area (Å²) in [5.41, 5.74) is 3.27. The molecule has 0 spiro atoms. The summed E-state index contributed by atoms with van der Waals surface area (Å²) in [6.45, 7) is 7.79. The van der Waals surface area contributed by atoms with Crippen LogP contribution in [0.15, 0.2) is 39.3 Å². The minimum atomic E-state index is -0.411. The Kier molecular flexibility index (Phi) is 5.33. The van der Waals surface area contributed by atoms with Gasteiger partial charge in [-0.2, -0.15) is 0 Å². The zero-order valence-corrected chi connectivity index (χ0v) is 18.6. The Hall–Kier alpha value is -3.72. The smallest absolute Gasteiger partial charge is 0.259 e. The predicted octanol–water partition coefficient (Wildman–Crippen LogP) is 4.64. The van der Waals surface area contributed by atoms with Gasteiger partial charge in [-0.25, -0.2) is 9.37 Å². The number of hydrogen-bond acceptors (Lipinski definition) is 7. The van der Waals surface area contributed by atoms with Crippen molar-refractivity contribution in [3.8, 4) is 11.3 Å². The first-order valence-corrected chi connectivity index (χ1v) is 10.7. The van der Waals surface area contributed by atoms with Gasteiger partial charge in [0, 0.05) is 24.3 Å². The van der Waals surface area contributed by atoms with Crippen molar-refractivity contribution in [2.75, 3.05) is 36.5 Å². The highest BCUT2D eigenvalue weighted by molar-refractivity contribution is 6.13. The second-order valence-corrected chi connectivity index (χ2v) is 8.05.